The zero-order valence-corrected chi connectivity index (χ0v) is 9.96. The van der Waals surface area contributed by atoms with Crippen LogP contribution in [0.1, 0.15) is 24.3 Å². The third-order valence-electron chi connectivity index (χ3n) is 2.80. The molecule has 17 heavy (non-hydrogen) atoms. The van der Waals surface area contributed by atoms with E-state index in [2.05, 4.69) is 22.0 Å². The third-order valence-corrected chi connectivity index (χ3v) is 2.80. The van der Waals surface area contributed by atoms with Gasteiger partial charge in [-0.25, -0.2) is 0 Å². The van der Waals surface area contributed by atoms with Gasteiger partial charge in [-0.05, 0) is 26.0 Å². The summed E-state index contributed by atoms with van der Waals surface area (Å²) in [4.78, 5) is 13.0. The second-order valence-electron chi connectivity index (χ2n) is 4.29. The molecule has 0 spiro atoms. The molecular weight excluding hydrogens is 220 g/mol. The van der Waals surface area contributed by atoms with Gasteiger partial charge in [-0.2, -0.15) is 0 Å². The molecular formula is C11H16N4O2. The average Bonchev–Trinajstić information content (AvgIpc) is 2.32. The molecule has 6 nitrogen and oxygen atoms in total. The fraction of sp³-hybridized carbons (Fsp3) is 0.545. The molecule has 1 fully saturated rings. The molecule has 92 valence electrons. The van der Waals surface area contributed by atoms with E-state index in [1.165, 1.54) is 0 Å². The van der Waals surface area contributed by atoms with Gasteiger partial charge in [0, 0.05) is 6.54 Å². The molecule has 0 bridgehead atoms. The number of nitrogens with two attached hydrogens (primary N) is 1. The van der Waals surface area contributed by atoms with E-state index in [4.69, 9.17) is 10.5 Å². The second-order valence-corrected chi connectivity index (χ2v) is 4.29. The van der Waals surface area contributed by atoms with E-state index in [9.17, 15) is 4.79 Å². The molecule has 1 aliphatic rings. The minimum Gasteiger partial charge on any atom is -0.375 e. The van der Waals surface area contributed by atoms with Crippen LogP contribution in [-0.4, -0.2) is 41.4 Å². The van der Waals surface area contributed by atoms with Gasteiger partial charge in [-0.3, -0.25) is 4.79 Å². The molecule has 2 N–H and O–H groups in total. The maximum atomic E-state index is 10.9. The molecule has 0 aromatic carbocycles. The number of carbonyl (C=O) groups is 1. The molecule has 1 aromatic heterocycles. The van der Waals surface area contributed by atoms with Crippen LogP contribution in [0, 0.1) is 0 Å². The lowest BCUT2D eigenvalue weighted by Crippen LogP contribution is -2.47. The molecule has 1 aliphatic heterocycles. The Morgan fingerprint density at radius 2 is 2.24 bits per heavy atom. The van der Waals surface area contributed by atoms with Crippen molar-refractivity contribution >= 4 is 11.7 Å². The first-order valence-corrected chi connectivity index (χ1v) is 5.59. The van der Waals surface area contributed by atoms with Crippen LogP contribution in [-0.2, 0) is 4.74 Å². The molecule has 2 rings (SSSR count). The number of morpholine rings is 1. The van der Waals surface area contributed by atoms with E-state index in [0.717, 1.165) is 12.4 Å². The number of hydrogen-bond donors (Lipinski definition) is 1. The summed E-state index contributed by atoms with van der Waals surface area (Å²) < 4.78 is 5.54. The predicted molar refractivity (Wildman–Crippen MR) is 62.8 cm³/mol. The lowest BCUT2D eigenvalue weighted by Gasteiger charge is -2.37. The highest BCUT2D eigenvalue weighted by Crippen LogP contribution is 2.18. The second kappa shape index (κ2) is 4.67. The third kappa shape index (κ3) is 2.52. The number of nitrogens with zero attached hydrogens (tertiary/aromatic N) is 3. The van der Waals surface area contributed by atoms with Crippen molar-refractivity contribution in [1.82, 2.24) is 10.2 Å². The fourth-order valence-corrected chi connectivity index (χ4v) is 1.83. The quantitative estimate of drug-likeness (QED) is 0.792. The van der Waals surface area contributed by atoms with Gasteiger partial charge in [-0.1, -0.05) is 0 Å². The van der Waals surface area contributed by atoms with Crippen molar-refractivity contribution in [2.75, 3.05) is 18.1 Å². The number of rotatable bonds is 2. The first kappa shape index (κ1) is 11.8. The summed E-state index contributed by atoms with van der Waals surface area (Å²) in [5, 5.41) is 7.83. The van der Waals surface area contributed by atoms with Gasteiger partial charge in [0.1, 0.15) is 0 Å². The molecule has 1 amide bonds. The number of primary amides is 1. The maximum absolute atomic E-state index is 10.9. The van der Waals surface area contributed by atoms with Crippen LogP contribution < -0.4 is 10.6 Å². The predicted octanol–water partition coefficient (Wildman–Crippen LogP) is 0.189. The van der Waals surface area contributed by atoms with Crippen molar-refractivity contribution in [2.45, 2.75) is 26.0 Å². The summed E-state index contributed by atoms with van der Waals surface area (Å²) >= 11 is 0. The first-order valence-electron chi connectivity index (χ1n) is 5.59. The van der Waals surface area contributed by atoms with Crippen molar-refractivity contribution in [1.29, 1.82) is 0 Å². The highest BCUT2D eigenvalue weighted by atomic mass is 16.5. The number of carbonyl (C=O) groups excluding carboxylic acids is 1. The van der Waals surface area contributed by atoms with Crippen LogP contribution in [0.25, 0.3) is 0 Å². The topological polar surface area (TPSA) is 81.3 Å². The SMILES string of the molecule is CC1CN(c2ccc(C(N)=O)nn2)C(C)CO1. The van der Waals surface area contributed by atoms with Gasteiger partial charge < -0.3 is 15.4 Å². The van der Waals surface area contributed by atoms with Gasteiger partial charge in [-0.15, -0.1) is 10.2 Å². The van der Waals surface area contributed by atoms with E-state index in [-0.39, 0.29) is 17.8 Å². The molecule has 2 heterocycles. The monoisotopic (exact) mass is 236 g/mol. The summed E-state index contributed by atoms with van der Waals surface area (Å²) in [5.74, 6) is 0.185. The maximum Gasteiger partial charge on any atom is 0.269 e. The largest absolute Gasteiger partial charge is 0.375 e. The lowest BCUT2D eigenvalue weighted by molar-refractivity contribution is 0.0340. The van der Waals surface area contributed by atoms with E-state index < -0.39 is 5.91 Å². The summed E-state index contributed by atoms with van der Waals surface area (Å²) in [6, 6.07) is 3.61. The Labute approximate surface area is 99.8 Å². The summed E-state index contributed by atoms with van der Waals surface area (Å²) in [6.45, 7) is 5.52. The van der Waals surface area contributed by atoms with E-state index >= 15 is 0 Å². The van der Waals surface area contributed by atoms with Crippen LogP contribution in [0.5, 0.6) is 0 Å². The van der Waals surface area contributed by atoms with Gasteiger partial charge in [0.15, 0.2) is 11.5 Å². The number of aromatic nitrogens is 2. The normalized spacial score (nSPS) is 24.7. The number of anilines is 1. The fourth-order valence-electron chi connectivity index (χ4n) is 1.83. The van der Waals surface area contributed by atoms with Gasteiger partial charge in [0.05, 0.1) is 18.8 Å². The van der Waals surface area contributed by atoms with Gasteiger partial charge in [0.25, 0.3) is 5.91 Å². The van der Waals surface area contributed by atoms with Crippen LogP contribution >= 0.6 is 0 Å². The van der Waals surface area contributed by atoms with Crippen molar-refractivity contribution in [3.8, 4) is 0 Å². The standard InChI is InChI=1S/C11H16N4O2/c1-7-6-17-8(2)5-15(7)10-4-3-9(11(12)16)13-14-10/h3-4,7-8H,5-6H2,1-2H3,(H2,12,16). The minimum absolute atomic E-state index is 0.170. The molecule has 2 atom stereocenters. The molecule has 2 unspecified atom stereocenters. The minimum atomic E-state index is -0.563. The summed E-state index contributed by atoms with van der Waals surface area (Å²) in [6.07, 6.45) is 0.170. The van der Waals surface area contributed by atoms with Crippen molar-refractivity contribution in [3.63, 3.8) is 0 Å². The zero-order valence-electron chi connectivity index (χ0n) is 9.96. The number of hydrogen-bond acceptors (Lipinski definition) is 5. The lowest BCUT2D eigenvalue weighted by atomic mass is 10.2. The Hall–Kier alpha value is -1.69. The average molecular weight is 236 g/mol. The van der Waals surface area contributed by atoms with Crippen LogP contribution in [0.2, 0.25) is 0 Å². The first-order chi connectivity index (χ1) is 8.08. The van der Waals surface area contributed by atoms with Crippen LogP contribution in [0.15, 0.2) is 12.1 Å². The smallest absolute Gasteiger partial charge is 0.269 e. The highest BCUT2D eigenvalue weighted by Gasteiger charge is 2.24. The molecule has 6 heteroatoms. The molecule has 0 aliphatic carbocycles. The summed E-state index contributed by atoms with van der Waals surface area (Å²) in [5.41, 5.74) is 5.30. The molecule has 0 saturated carbocycles. The Morgan fingerprint density at radius 1 is 1.47 bits per heavy atom. The zero-order chi connectivity index (χ0) is 12.4. The molecule has 1 aromatic rings. The van der Waals surface area contributed by atoms with Crippen molar-refractivity contribution in [2.24, 2.45) is 5.73 Å². The van der Waals surface area contributed by atoms with Crippen LogP contribution in [0.3, 0.4) is 0 Å². The van der Waals surface area contributed by atoms with Crippen LogP contribution in [0.4, 0.5) is 5.82 Å². The highest BCUT2D eigenvalue weighted by molar-refractivity contribution is 5.90. The van der Waals surface area contributed by atoms with E-state index in [1.54, 1.807) is 12.1 Å². The number of amides is 1. The van der Waals surface area contributed by atoms with Gasteiger partial charge in [0.2, 0.25) is 0 Å². The van der Waals surface area contributed by atoms with Crippen molar-refractivity contribution in [3.05, 3.63) is 17.8 Å². The number of ether oxygens (including phenoxy) is 1. The Kier molecular flexibility index (Phi) is 3.23. The van der Waals surface area contributed by atoms with E-state index in [0.29, 0.717) is 6.61 Å². The molecule has 1 saturated heterocycles. The van der Waals surface area contributed by atoms with E-state index in [1.807, 2.05) is 6.92 Å². The molecule has 0 radical (unpaired) electrons. The Bertz CT molecular complexity index is 406. The van der Waals surface area contributed by atoms with Crippen molar-refractivity contribution < 1.29 is 9.53 Å². The van der Waals surface area contributed by atoms with Gasteiger partial charge >= 0.3 is 0 Å². The summed E-state index contributed by atoms with van der Waals surface area (Å²) in [7, 11) is 0. The Morgan fingerprint density at radius 3 is 2.82 bits per heavy atom. The Balaban J connectivity index is 2.18.